The molecule has 1 heterocycles. The maximum absolute atomic E-state index is 13.1. The number of carbonyl (C=O) groups excluding carboxylic acids is 4. The Hall–Kier alpha value is -2.52. The van der Waals surface area contributed by atoms with E-state index in [1.807, 2.05) is 30.5 Å². The van der Waals surface area contributed by atoms with Crippen LogP contribution in [0.4, 0.5) is 21.0 Å². The second-order valence-electron chi connectivity index (χ2n) is 22.9. The number of amides is 1. The molecule has 544 valence electrons. The number of fused-ring (bicyclic) bond motifs is 1. The van der Waals surface area contributed by atoms with Crippen molar-refractivity contribution in [2.24, 2.45) is 4.99 Å². The number of ketones is 2. The fourth-order valence-corrected chi connectivity index (χ4v) is 19.1. The first kappa shape index (κ1) is 92.5. The second kappa shape index (κ2) is 49.1. The summed E-state index contributed by atoms with van der Waals surface area (Å²) in [6.45, 7) is 32.4. The lowest BCUT2D eigenvalue weighted by Gasteiger charge is -2.27. The van der Waals surface area contributed by atoms with Crippen LogP contribution < -0.4 is 5.32 Å². The summed E-state index contributed by atoms with van der Waals surface area (Å²) >= 11 is 31.6. The molecule has 1 amide bonds. The zero-order chi connectivity index (χ0) is 72.6. The van der Waals surface area contributed by atoms with Crippen molar-refractivity contribution in [2.45, 2.75) is 178 Å². The largest absolute Gasteiger partial charge is 0.449 e. The van der Waals surface area contributed by atoms with E-state index in [4.69, 9.17) is 91.9 Å². The Morgan fingerprint density at radius 3 is 1.66 bits per heavy atom. The van der Waals surface area contributed by atoms with Crippen LogP contribution >= 0.6 is 99.3 Å². The van der Waals surface area contributed by atoms with E-state index in [0.717, 1.165) is 106 Å². The highest BCUT2D eigenvalue weighted by atomic mass is 35.6. The number of aliphatic imine (C=N–C) groups is 1. The SMILES string of the molecule is C=Nc1cc(Cl)ccc1C(=C)N(CCCCN(CC)CC)C(=O)OCCCCCCCC(=O)CC(P(=O)(O)O)P(=O)(O)O.CCN(CC)CCCC(C)Nc1ccnc2cc(Cl)ccc12.CCOP(C)(=O)C(CC(=O)CCCCCCCO)P(C)(C)=O.O=C(Cl)OC(Cl)(Cl)Cl. The number of nitrogens with zero attached hydrogens (tertiary/aromatic N) is 5. The van der Waals surface area contributed by atoms with Crippen molar-refractivity contribution in [3.63, 3.8) is 0 Å². The number of aliphatic hydroxyl groups is 1. The summed E-state index contributed by atoms with van der Waals surface area (Å²) in [7, 11) is -16.0. The van der Waals surface area contributed by atoms with Gasteiger partial charge in [0.1, 0.15) is 11.6 Å². The third-order valence-electron chi connectivity index (χ3n) is 15.0. The Balaban J connectivity index is 0.00000142. The van der Waals surface area contributed by atoms with E-state index in [0.29, 0.717) is 79.7 Å². The Labute approximate surface area is 593 Å². The lowest BCUT2D eigenvalue weighted by atomic mass is 10.1. The van der Waals surface area contributed by atoms with Crippen molar-refractivity contribution in [3.05, 3.63) is 70.8 Å². The summed E-state index contributed by atoms with van der Waals surface area (Å²) < 4.78 is 60.3. The smallest absolute Gasteiger partial charge is 0.414 e. The number of aromatic nitrogens is 1. The Morgan fingerprint density at radius 2 is 1.18 bits per heavy atom. The fraction of sp³-hybridized carbons (Fsp3) is 0.651. The van der Waals surface area contributed by atoms with Crippen molar-refractivity contribution in [1.29, 1.82) is 0 Å². The molecule has 3 rings (SSSR count). The highest BCUT2D eigenvalue weighted by Crippen LogP contribution is 2.65. The number of ether oxygens (including phenoxy) is 2. The van der Waals surface area contributed by atoms with E-state index in [9.17, 15) is 37.4 Å². The van der Waals surface area contributed by atoms with Crippen LogP contribution in [0.3, 0.4) is 0 Å². The average Bonchev–Trinajstić information content (AvgIpc) is 0.850. The highest BCUT2D eigenvalue weighted by Gasteiger charge is 2.44. The number of carbonyl (C=O) groups is 4. The number of Topliss-reactive ketones (excluding diaryl/α,β-unsaturated/α-hetero) is 2. The minimum absolute atomic E-state index is 0.0119. The zero-order valence-corrected chi connectivity index (χ0v) is 64.7. The molecule has 32 heteroatoms. The molecule has 0 spiro atoms. The minimum Gasteiger partial charge on any atom is -0.449 e. The molecule has 0 saturated carbocycles. The molecule has 0 radical (unpaired) electrons. The molecule has 0 aliphatic carbocycles. The Bertz CT molecular complexity index is 2960. The topological polar surface area (TPSA) is 312 Å². The van der Waals surface area contributed by atoms with Gasteiger partial charge in [0.2, 0.25) is 7.37 Å². The van der Waals surface area contributed by atoms with E-state index in [1.54, 1.807) is 38.5 Å². The molecular formula is C63H104Cl6N6O16P4. The number of anilines is 1. The van der Waals surface area contributed by atoms with Crippen molar-refractivity contribution in [3.8, 4) is 0 Å². The first-order valence-corrected chi connectivity index (χ1v) is 42.4. The predicted molar refractivity (Wildman–Crippen MR) is 392 cm³/mol. The molecule has 0 aliphatic rings. The molecule has 2 aromatic carbocycles. The van der Waals surface area contributed by atoms with Gasteiger partial charge in [0.05, 0.1) is 37.0 Å². The number of pyridine rings is 1. The summed E-state index contributed by atoms with van der Waals surface area (Å²) in [6, 6.07) is 13.4. The van der Waals surface area contributed by atoms with E-state index >= 15 is 0 Å². The number of nitrogens with one attached hydrogen (secondary N) is 1. The van der Waals surface area contributed by atoms with Gasteiger partial charge in [-0.3, -0.25) is 38.2 Å². The van der Waals surface area contributed by atoms with Gasteiger partial charge in [0, 0.05) is 102 Å². The molecule has 0 fully saturated rings. The monoisotopic (exact) mass is 1530 g/mol. The number of benzene rings is 2. The Morgan fingerprint density at radius 1 is 0.684 bits per heavy atom. The average molecular weight is 1540 g/mol. The molecule has 22 nitrogen and oxygen atoms in total. The number of rotatable bonds is 43. The third kappa shape index (κ3) is 41.7. The van der Waals surface area contributed by atoms with Gasteiger partial charge in [-0.15, -0.1) is 0 Å². The standard InChI is InChI=1S/C28H46ClN3O9P2.C18H26ClN3.C15H32O5P2.C2Cl4O2/c1-5-31(6-2)17-11-12-18-32(22(3)25-16-15-23(29)20-26(25)30-4)28(34)41-19-13-9-7-8-10-14-24(33)21-27(42(35,36)37)43(38,39)40;1-4-22(5-2)12-6-7-14(3)21-17-10-11-20-18-13-15(19)8-9-16(17)18;1-5-20-22(4,19)15(21(2,3)18)13-14(17)11-9-7-6-8-10-12-16;3-1(7)8-2(4,5)6/h15-16,20,27H,3-14,17-19,21H2,1-2H3,(H2,35,36,37)(H2,38,39,40);8-11,13-14H,4-7,12H2,1-3H3,(H,20,21);15-16H,5-13H2,1-4H3;. The van der Waals surface area contributed by atoms with Crippen LogP contribution in [0.1, 0.15) is 163 Å². The molecular weight excluding hydrogens is 1430 g/mol. The van der Waals surface area contributed by atoms with Gasteiger partial charge in [0.15, 0.2) is 5.40 Å². The van der Waals surface area contributed by atoms with Crippen LogP contribution in [-0.4, -0.2) is 181 Å². The number of hydrogen-bond donors (Lipinski definition) is 6. The van der Waals surface area contributed by atoms with Gasteiger partial charge in [-0.05, 0) is 202 Å². The van der Waals surface area contributed by atoms with Crippen molar-refractivity contribution >= 4 is 157 Å². The van der Waals surface area contributed by atoms with Gasteiger partial charge in [0.25, 0.3) is 0 Å². The van der Waals surface area contributed by atoms with Crippen LogP contribution in [0, 0.1) is 0 Å². The number of alkyl halides is 3. The molecule has 6 N–H and O–H groups in total. The van der Waals surface area contributed by atoms with Gasteiger partial charge in [-0.25, -0.2) is 9.59 Å². The van der Waals surface area contributed by atoms with Gasteiger partial charge >= 0.3 is 30.7 Å². The minimum atomic E-state index is -5.12. The lowest BCUT2D eigenvalue weighted by Crippen LogP contribution is -2.32. The zero-order valence-electron chi connectivity index (χ0n) is 56.6. The van der Waals surface area contributed by atoms with E-state index in [-0.39, 0.29) is 31.8 Å². The van der Waals surface area contributed by atoms with Gasteiger partial charge in [-0.1, -0.05) is 96.0 Å². The molecule has 3 atom stereocenters. The number of hydrogen-bond acceptors (Lipinski definition) is 17. The van der Waals surface area contributed by atoms with Crippen molar-refractivity contribution in [1.82, 2.24) is 19.7 Å². The molecule has 0 bridgehead atoms. The predicted octanol–water partition coefficient (Wildman–Crippen LogP) is 17.9. The van der Waals surface area contributed by atoms with Gasteiger partial charge < -0.3 is 58.4 Å². The Kier molecular flexibility index (Phi) is 47.8. The van der Waals surface area contributed by atoms with Crippen LogP contribution in [0.15, 0.2) is 60.2 Å². The molecule has 95 heavy (non-hydrogen) atoms. The van der Waals surface area contributed by atoms with E-state index < -0.39 is 68.2 Å². The van der Waals surface area contributed by atoms with Crippen LogP contribution in [0.2, 0.25) is 10.0 Å². The lowest BCUT2D eigenvalue weighted by molar-refractivity contribution is -0.119. The molecule has 1 aromatic heterocycles. The van der Waals surface area contributed by atoms with Crippen LogP contribution in [0.5, 0.6) is 0 Å². The number of unbranched alkanes of at least 4 members (excludes halogenated alkanes) is 9. The molecule has 3 unspecified atom stereocenters. The van der Waals surface area contributed by atoms with Crippen LogP contribution in [-0.2, 0) is 41.8 Å². The molecule has 0 aliphatic heterocycles. The molecule has 3 aromatic rings. The van der Waals surface area contributed by atoms with Crippen LogP contribution in [0.25, 0.3) is 16.6 Å². The summed E-state index contributed by atoms with van der Waals surface area (Å²) in [6.07, 6.45) is 12.5. The maximum Gasteiger partial charge on any atom is 0.414 e. The summed E-state index contributed by atoms with van der Waals surface area (Å²) in [5.41, 5.74) is 2.50. The maximum atomic E-state index is 13.1. The summed E-state index contributed by atoms with van der Waals surface area (Å²) in [5, 5.41) is 11.7. The number of halogens is 6. The molecule has 0 saturated heterocycles. The normalized spacial score (nSPS) is 13.1. The van der Waals surface area contributed by atoms with E-state index in [2.05, 4.69) is 89.3 Å². The van der Waals surface area contributed by atoms with Crippen molar-refractivity contribution < 1.29 is 76.1 Å². The summed E-state index contributed by atoms with van der Waals surface area (Å²) in [5.74, 6) is -0.601. The highest BCUT2D eigenvalue weighted by molar-refractivity contribution is 7.78. The second-order valence-corrected chi connectivity index (χ2v) is 36.9. The number of aliphatic hydroxyl groups excluding tert-OH is 1. The quantitative estimate of drug-likeness (QED) is 0.0101. The third-order valence-corrected chi connectivity index (χ3v) is 26.1. The first-order valence-electron chi connectivity index (χ1n) is 32.0. The van der Waals surface area contributed by atoms with Gasteiger partial charge in [-0.2, -0.15) is 0 Å². The van der Waals surface area contributed by atoms with E-state index in [1.165, 1.54) is 24.5 Å². The fourth-order valence-electron chi connectivity index (χ4n) is 9.78. The summed E-state index contributed by atoms with van der Waals surface area (Å²) in [4.78, 5) is 98.3. The first-order chi connectivity index (χ1) is 44.3. The van der Waals surface area contributed by atoms with Crippen molar-refractivity contribution in [2.75, 3.05) is 90.9 Å².